The van der Waals surface area contributed by atoms with Crippen molar-refractivity contribution in [3.05, 3.63) is 123 Å². The molecule has 37 heavy (non-hydrogen) atoms. The lowest BCUT2D eigenvalue weighted by atomic mass is 9.80. The Bertz CT molecular complexity index is 1460. The lowest BCUT2D eigenvalue weighted by molar-refractivity contribution is 0.275. The second kappa shape index (κ2) is 12.2. The van der Waals surface area contributed by atoms with E-state index in [0.717, 1.165) is 21.1 Å². The highest BCUT2D eigenvalue weighted by Crippen LogP contribution is 2.28. The molecule has 0 amide bonds. The van der Waals surface area contributed by atoms with Gasteiger partial charge in [0, 0.05) is 4.47 Å². The highest BCUT2D eigenvalue weighted by Gasteiger charge is 2.27. The molecule has 0 saturated heterocycles. The number of nitrogens with zero attached hydrogens (tertiary/aromatic N) is 2. The average Bonchev–Trinajstić information content (AvgIpc) is 3.30. The van der Waals surface area contributed by atoms with Crippen molar-refractivity contribution in [3.63, 3.8) is 0 Å². The number of hydrogen-bond acceptors (Lipinski definition) is 5. The number of rotatable bonds is 5. The minimum Gasteiger partial charge on any atom is -0.457 e. The topological polar surface area (TPSA) is 76.9 Å². The molecule has 7 nitrogen and oxygen atoms in total. The van der Waals surface area contributed by atoms with Crippen molar-refractivity contribution in [3.8, 4) is 23.0 Å². The van der Waals surface area contributed by atoms with Gasteiger partial charge in [0.15, 0.2) is 11.4 Å². The smallest absolute Gasteiger partial charge is 0.457 e. The van der Waals surface area contributed by atoms with Crippen LogP contribution in [0.25, 0.3) is 9.69 Å². The number of hydrogen-bond donors (Lipinski definition) is 2. The van der Waals surface area contributed by atoms with Crippen LogP contribution < -0.4 is 14.9 Å². The van der Waals surface area contributed by atoms with Crippen LogP contribution in [0.4, 0.5) is 11.4 Å². The van der Waals surface area contributed by atoms with Crippen molar-refractivity contribution in [2.24, 2.45) is 0 Å². The molecule has 0 radical (unpaired) electrons. The van der Waals surface area contributed by atoms with E-state index in [1.807, 2.05) is 18.2 Å². The average molecular weight is 555 g/mol. The number of benzene rings is 4. The lowest BCUT2D eigenvalue weighted by Gasteiger charge is -2.08. The van der Waals surface area contributed by atoms with Gasteiger partial charge in [-0.3, -0.25) is 0 Å². The van der Waals surface area contributed by atoms with Gasteiger partial charge in [-0.1, -0.05) is 46.3 Å². The second-order valence-corrected chi connectivity index (χ2v) is 8.71. The molecule has 0 aliphatic carbocycles. The van der Waals surface area contributed by atoms with Gasteiger partial charge in [-0.15, -0.1) is 0 Å². The summed E-state index contributed by atoms with van der Waals surface area (Å²) in [5.41, 5.74) is 3.65. The fraction of sp³-hybridized carbons (Fsp3) is 0.0714. The molecule has 0 fully saturated rings. The van der Waals surface area contributed by atoms with E-state index in [1.54, 1.807) is 66.7 Å². The molecule has 0 unspecified atom stereocenters. The molecule has 1 aliphatic rings. The quantitative estimate of drug-likeness (QED) is 0.216. The fourth-order valence-electron chi connectivity index (χ4n) is 3.46. The molecule has 4 aromatic carbocycles. The van der Waals surface area contributed by atoms with Crippen LogP contribution in [-0.4, -0.2) is 17.2 Å². The number of halogens is 1. The van der Waals surface area contributed by atoms with Gasteiger partial charge in [-0.25, -0.2) is 9.69 Å². The first-order chi connectivity index (χ1) is 18.0. The summed E-state index contributed by atoms with van der Waals surface area (Å²) in [5.74, 6) is 2.67. The van der Waals surface area contributed by atoms with Crippen molar-refractivity contribution in [2.75, 3.05) is 0 Å². The molecular formula is C28H20BBrN2O5. The third kappa shape index (κ3) is 6.76. The van der Waals surface area contributed by atoms with E-state index in [4.69, 9.17) is 32.4 Å². The first kappa shape index (κ1) is 26.0. The maximum Gasteiger partial charge on any atom is 0.491 e. The maximum atomic E-state index is 9.53. The Balaban J connectivity index is 0.000000173. The van der Waals surface area contributed by atoms with E-state index in [0.29, 0.717) is 41.0 Å². The van der Waals surface area contributed by atoms with Gasteiger partial charge >= 0.3 is 7.12 Å². The Morgan fingerprint density at radius 1 is 0.784 bits per heavy atom. The molecule has 0 atom stereocenters. The minimum atomic E-state index is -0.831. The van der Waals surface area contributed by atoms with Crippen molar-refractivity contribution in [1.82, 2.24) is 0 Å². The Hall–Kier alpha value is -4.12. The molecular weight excluding hydrogens is 535 g/mol. The van der Waals surface area contributed by atoms with Crippen LogP contribution in [0, 0.1) is 13.1 Å². The Kier molecular flexibility index (Phi) is 8.58. The fourth-order valence-corrected chi connectivity index (χ4v) is 3.83. The SMILES string of the molecule is [C-]#[N+]c1ccc(Oc2ccc(Br)c(CO)c2)cc1.[C-]#[N+]c1ccc(Oc2ccc3c(c2)COB3O)cc1. The van der Waals surface area contributed by atoms with E-state index in [9.17, 15) is 5.02 Å². The van der Waals surface area contributed by atoms with Crippen molar-refractivity contribution in [2.45, 2.75) is 13.2 Å². The lowest BCUT2D eigenvalue weighted by Crippen LogP contribution is -2.27. The van der Waals surface area contributed by atoms with Gasteiger partial charge in [-0.2, -0.15) is 0 Å². The molecule has 4 aromatic rings. The summed E-state index contributed by atoms with van der Waals surface area (Å²) in [7, 11) is -0.831. The predicted octanol–water partition coefficient (Wildman–Crippen LogP) is 6.53. The zero-order valence-corrected chi connectivity index (χ0v) is 21.1. The number of aliphatic hydroxyl groups is 1. The first-order valence-electron chi connectivity index (χ1n) is 11.1. The summed E-state index contributed by atoms with van der Waals surface area (Å²) in [4.78, 5) is 6.64. The molecule has 9 heteroatoms. The van der Waals surface area contributed by atoms with Gasteiger partial charge in [-0.05, 0) is 71.2 Å². The van der Waals surface area contributed by atoms with Gasteiger partial charge in [0.2, 0.25) is 0 Å². The summed E-state index contributed by atoms with van der Waals surface area (Å²) in [6.45, 7) is 14.1. The van der Waals surface area contributed by atoms with E-state index in [1.165, 1.54) is 0 Å². The standard InChI is InChI=1S/C14H10BNO3.C14H10BrNO2/c1-16-11-2-4-12(5-3-11)19-13-6-7-14-10(8-13)9-18-15(14)17;1-16-11-2-4-12(5-3-11)18-13-6-7-14(15)10(8-13)9-17/h2-8,17H,9H2;2-8,17H,9H2. The summed E-state index contributed by atoms with van der Waals surface area (Å²) in [5, 5.41) is 18.7. The van der Waals surface area contributed by atoms with Crippen LogP contribution >= 0.6 is 15.9 Å². The summed E-state index contributed by atoms with van der Waals surface area (Å²) in [6.07, 6.45) is 0. The third-order valence-corrected chi connectivity index (χ3v) is 6.14. The van der Waals surface area contributed by atoms with Crippen LogP contribution in [0.2, 0.25) is 0 Å². The van der Waals surface area contributed by atoms with Crippen molar-refractivity contribution < 1.29 is 24.3 Å². The molecule has 1 aliphatic heterocycles. The molecule has 2 N–H and O–H groups in total. The van der Waals surface area contributed by atoms with Crippen LogP contribution in [-0.2, 0) is 17.9 Å². The van der Waals surface area contributed by atoms with Crippen LogP contribution in [0.5, 0.6) is 23.0 Å². The van der Waals surface area contributed by atoms with Crippen LogP contribution in [0.3, 0.4) is 0 Å². The monoisotopic (exact) mass is 554 g/mol. The Morgan fingerprint density at radius 2 is 1.30 bits per heavy atom. The van der Waals surface area contributed by atoms with Crippen molar-refractivity contribution in [1.29, 1.82) is 0 Å². The van der Waals surface area contributed by atoms with Gasteiger partial charge in [0.1, 0.15) is 23.0 Å². The number of fused-ring (bicyclic) bond motifs is 1. The predicted molar refractivity (Wildman–Crippen MR) is 144 cm³/mol. The van der Waals surface area contributed by atoms with Crippen LogP contribution in [0.15, 0.2) is 89.4 Å². The highest BCUT2D eigenvalue weighted by molar-refractivity contribution is 9.10. The van der Waals surface area contributed by atoms with Gasteiger partial charge in [0.25, 0.3) is 0 Å². The summed E-state index contributed by atoms with van der Waals surface area (Å²) < 4.78 is 17.3. The number of ether oxygens (including phenoxy) is 2. The molecule has 0 spiro atoms. The molecule has 0 saturated carbocycles. The molecule has 0 aromatic heterocycles. The zero-order valence-electron chi connectivity index (χ0n) is 19.5. The molecule has 5 rings (SSSR count). The largest absolute Gasteiger partial charge is 0.491 e. The summed E-state index contributed by atoms with van der Waals surface area (Å²) in [6, 6.07) is 24.7. The first-order valence-corrected chi connectivity index (χ1v) is 11.9. The van der Waals surface area contributed by atoms with Crippen molar-refractivity contribution >= 4 is 39.9 Å². The maximum absolute atomic E-state index is 9.53. The minimum absolute atomic E-state index is 0.0472. The number of aliphatic hydroxyl groups excluding tert-OH is 1. The van der Waals surface area contributed by atoms with E-state index < -0.39 is 7.12 Å². The molecule has 182 valence electrons. The van der Waals surface area contributed by atoms with Gasteiger partial charge < -0.3 is 24.3 Å². The molecule has 1 heterocycles. The van der Waals surface area contributed by atoms with E-state index >= 15 is 0 Å². The second-order valence-electron chi connectivity index (χ2n) is 7.85. The third-order valence-electron chi connectivity index (χ3n) is 5.37. The van der Waals surface area contributed by atoms with E-state index in [-0.39, 0.29) is 6.61 Å². The highest BCUT2D eigenvalue weighted by atomic mass is 79.9. The Morgan fingerprint density at radius 3 is 1.84 bits per heavy atom. The zero-order chi connectivity index (χ0) is 26.2. The Labute approximate surface area is 223 Å². The van der Waals surface area contributed by atoms with E-state index in [2.05, 4.69) is 25.6 Å². The normalized spacial score (nSPS) is 11.4. The van der Waals surface area contributed by atoms with Crippen LogP contribution in [0.1, 0.15) is 11.1 Å². The van der Waals surface area contributed by atoms with Gasteiger partial charge in [0.05, 0.1) is 26.4 Å². The summed E-state index contributed by atoms with van der Waals surface area (Å²) >= 11 is 3.35. The molecule has 0 bridgehead atoms.